The Kier molecular flexibility index (Phi) is 3.84. The van der Waals surface area contributed by atoms with Crippen molar-refractivity contribution in [3.63, 3.8) is 0 Å². The van der Waals surface area contributed by atoms with E-state index >= 15 is 0 Å². The van der Waals surface area contributed by atoms with E-state index in [0.717, 1.165) is 24.9 Å². The predicted molar refractivity (Wildman–Crippen MR) is 76.8 cm³/mol. The summed E-state index contributed by atoms with van der Waals surface area (Å²) >= 11 is 0. The van der Waals surface area contributed by atoms with Crippen molar-refractivity contribution in [2.75, 3.05) is 27.2 Å². The minimum atomic E-state index is 0.408. The van der Waals surface area contributed by atoms with Gasteiger partial charge in [-0.3, -0.25) is 4.79 Å². The quantitative estimate of drug-likeness (QED) is 0.781. The minimum absolute atomic E-state index is 0.408. The Morgan fingerprint density at radius 3 is 2.32 bits per heavy atom. The summed E-state index contributed by atoms with van der Waals surface area (Å²) in [6.07, 6.45) is 9.03. The van der Waals surface area contributed by atoms with Crippen LogP contribution in [-0.4, -0.2) is 48.9 Å². The standard InChI is InChI=1S/C16H28N2O/c1-17(2)11-12-7-5-6-10-18(12)16(19)15-13-8-3-4-9-14(13)15/h12-15H,3-11H2,1-2H3/t12-,13+,14+/m0/s1. The Labute approximate surface area is 117 Å². The second-order valence-electron chi connectivity index (χ2n) is 7.08. The first-order valence-corrected chi connectivity index (χ1v) is 8.13. The van der Waals surface area contributed by atoms with E-state index in [9.17, 15) is 4.79 Å². The average molecular weight is 264 g/mol. The summed E-state index contributed by atoms with van der Waals surface area (Å²) in [5.41, 5.74) is 0. The van der Waals surface area contributed by atoms with Crippen molar-refractivity contribution in [1.82, 2.24) is 9.80 Å². The van der Waals surface area contributed by atoms with Gasteiger partial charge >= 0.3 is 0 Å². The highest BCUT2D eigenvalue weighted by Gasteiger charge is 2.56. The number of fused-ring (bicyclic) bond motifs is 1. The normalized spacial score (nSPS) is 38.2. The molecule has 0 radical (unpaired) electrons. The molecule has 3 nitrogen and oxygen atoms in total. The third kappa shape index (κ3) is 2.67. The lowest BCUT2D eigenvalue weighted by molar-refractivity contribution is -0.137. The second-order valence-corrected chi connectivity index (χ2v) is 7.08. The molecule has 1 saturated heterocycles. The largest absolute Gasteiger partial charge is 0.338 e. The fraction of sp³-hybridized carbons (Fsp3) is 0.938. The van der Waals surface area contributed by atoms with Crippen LogP contribution in [0.1, 0.15) is 44.9 Å². The molecule has 108 valence electrons. The number of carbonyl (C=O) groups excluding carboxylic acids is 1. The van der Waals surface area contributed by atoms with E-state index in [1.54, 1.807) is 0 Å². The molecule has 2 saturated carbocycles. The third-order valence-corrected chi connectivity index (χ3v) is 5.43. The van der Waals surface area contributed by atoms with Gasteiger partial charge in [-0.1, -0.05) is 12.8 Å². The van der Waals surface area contributed by atoms with Gasteiger partial charge in [-0.05, 0) is 58.0 Å². The molecule has 3 rings (SSSR count). The molecule has 3 fully saturated rings. The van der Waals surface area contributed by atoms with Gasteiger partial charge in [0.2, 0.25) is 5.91 Å². The number of amides is 1. The van der Waals surface area contributed by atoms with Gasteiger partial charge in [0.25, 0.3) is 0 Å². The van der Waals surface area contributed by atoms with Crippen LogP contribution in [0.5, 0.6) is 0 Å². The molecular weight excluding hydrogens is 236 g/mol. The Hall–Kier alpha value is -0.570. The smallest absolute Gasteiger partial charge is 0.226 e. The van der Waals surface area contributed by atoms with E-state index < -0.39 is 0 Å². The van der Waals surface area contributed by atoms with Crippen LogP contribution in [0.15, 0.2) is 0 Å². The Morgan fingerprint density at radius 2 is 1.68 bits per heavy atom. The molecule has 3 heteroatoms. The number of hydrogen-bond acceptors (Lipinski definition) is 2. The Bertz CT molecular complexity index is 330. The molecule has 1 heterocycles. The molecule has 0 aromatic heterocycles. The van der Waals surface area contributed by atoms with Crippen LogP contribution in [0.4, 0.5) is 0 Å². The van der Waals surface area contributed by atoms with Crippen molar-refractivity contribution in [2.45, 2.75) is 51.0 Å². The lowest BCUT2D eigenvalue weighted by atomic mass is 10.0. The van der Waals surface area contributed by atoms with Crippen molar-refractivity contribution in [3.8, 4) is 0 Å². The second kappa shape index (κ2) is 5.43. The number of hydrogen-bond donors (Lipinski definition) is 0. The number of carbonyl (C=O) groups is 1. The third-order valence-electron chi connectivity index (χ3n) is 5.43. The molecule has 3 aliphatic rings. The van der Waals surface area contributed by atoms with Crippen LogP contribution in [-0.2, 0) is 4.79 Å². The fourth-order valence-electron chi connectivity index (χ4n) is 4.45. The van der Waals surface area contributed by atoms with E-state index in [-0.39, 0.29) is 0 Å². The molecule has 0 aromatic rings. The van der Waals surface area contributed by atoms with Crippen LogP contribution >= 0.6 is 0 Å². The van der Waals surface area contributed by atoms with E-state index in [1.165, 1.54) is 44.9 Å². The van der Waals surface area contributed by atoms with Gasteiger partial charge in [-0.25, -0.2) is 0 Å². The number of rotatable bonds is 3. The summed E-state index contributed by atoms with van der Waals surface area (Å²) in [5.74, 6) is 2.42. The van der Waals surface area contributed by atoms with Crippen molar-refractivity contribution in [2.24, 2.45) is 17.8 Å². The number of piperidine rings is 1. The van der Waals surface area contributed by atoms with Crippen molar-refractivity contribution in [1.29, 1.82) is 0 Å². The van der Waals surface area contributed by atoms with Gasteiger partial charge < -0.3 is 9.80 Å². The zero-order valence-electron chi connectivity index (χ0n) is 12.5. The van der Waals surface area contributed by atoms with Crippen molar-refractivity contribution in [3.05, 3.63) is 0 Å². The predicted octanol–water partition coefficient (Wildman–Crippen LogP) is 2.37. The van der Waals surface area contributed by atoms with E-state index in [2.05, 4.69) is 23.9 Å². The molecule has 19 heavy (non-hydrogen) atoms. The molecule has 0 unspecified atom stereocenters. The first-order valence-electron chi connectivity index (χ1n) is 8.13. The molecular formula is C16H28N2O. The lowest BCUT2D eigenvalue weighted by Crippen LogP contribution is -2.49. The van der Waals surface area contributed by atoms with E-state index in [4.69, 9.17) is 0 Å². The van der Waals surface area contributed by atoms with Gasteiger partial charge in [0, 0.05) is 25.0 Å². The Balaban J connectivity index is 1.64. The highest BCUT2D eigenvalue weighted by atomic mass is 16.2. The summed E-state index contributed by atoms with van der Waals surface area (Å²) < 4.78 is 0. The van der Waals surface area contributed by atoms with Gasteiger partial charge in [0.1, 0.15) is 0 Å². The summed E-state index contributed by atoms with van der Waals surface area (Å²) in [7, 11) is 4.24. The zero-order chi connectivity index (χ0) is 13.4. The summed E-state index contributed by atoms with van der Waals surface area (Å²) in [5, 5.41) is 0. The molecule has 0 aromatic carbocycles. The van der Waals surface area contributed by atoms with Crippen LogP contribution in [0.3, 0.4) is 0 Å². The minimum Gasteiger partial charge on any atom is -0.338 e. The number of likely N-dealkylation sites (tertiary alicyclic amines) is 1. The monoisotopic (exact) mass is 264 g/mol. The van der Waals surface area contributed by atoms with Gasteiger partial charge in [0.05, 0.1) is 0 Å². The van der Waals surface area contributed by atoms with Gasteiger partial charge in [-0.15, -0.1) is 0 Å². The van der Waals surface area contributed by atoms with E-state index in [1.807, 2.05) is 0 Å². The van der Waals surface area contributed by atoms with Crippen LogP contribution in [0.2, 0.25) is 0 Å². The zero-order valence-corrected chi connectivity index (χ0v) is 12.5. The van der Waals surface area contributed by atoms with Gasteiger partial charge in [0.15, 0.2) is 0 Å². The van der Waals surface area contributed by atoms with Gasteiger partial charge in [-0.2, -0.15) is 0 Å². The number of likely N-dealkylation sites (N-methyl/N-ethyl adjacent to an activating group) is 1. The maximum absolute atomic E-state index is 12.8. The molecule has 0 bridgehead atoms. The lowest BCUT2D eigenvalue weighted by Gasteiger charge is -2.37. The van der Waals surface area contributed by atoms with Crippen molar-refractivity contribution >= 4 is 5.91 Å². The van der Waals surface area contributed by atoms with E-state index in [0.29, 0.717) is 17.9 Å². The summed E-state index contributed by atoms with van der Waals surface area (Å²) in [6, 6.07) is 0.471. The first-order chi connectivity index (χ1) is 9.18. The van der Waals surface area contributed by atoms with Crippen molar-refractivity contribution < 1.29 is 4.79 Å². The molecule has 1 aliphatic heterocycles. The molecule has 2 aliphatic carbocycles. The maximum atomic E-state index is 12.8. The Morgan fingerprint density at radius 1 is 1.05 bits per heavy atom. The number of nitrogens with zero attached hydrogens (tertiary/aromatic N) is 2. The fourth-order valence-corrected chi connectivity index (χ4v) is 4.45. The molecule has 0 spiro atoms. The topological polar surface area (TPSA) is 23.6 Å². The SMILES string of the molecule is CN(C)C[C@@H]1CCCCN1C(=O)C1[C@@H]2CCCC[C@@H]12. The first kappa shape index (κ1) is 13.4. The van der Waals surface area contributed by atoms with Crippen LogP contribution < -0.4 is 0 Å². The maximum Gasteiger partial charge on any atom is 0.226 e. The highest BCUT2D eigenvalue weighted by Crippen LogP contribution is 2.56. The van der Waals surface area contributed by atoms with Crippen LogP contribution in [0, 0.1) is 17.8 Å². The summed E-state index contributed by atoms with van der Waals surface area (Å²) in [6.45, 7) is 2.04. The summed E-state index contributed by atoms with van der Waals surface area (Å²) in [4.78, 5) is 17.3. The molecule has 1 amide bonds. The highest BCUT2D eigenvalue weighted by molar-refractivity contribution is 5.82. The van der Waals surface area contributed by atoms with Crippen LogP contribution in [0.25, 0.3) is 0 Å². The molecule has 0 N–H and O–H groups in total. The average Bonchev–Trinajstić information content (AvgIpc) is 3.12. The molecule has 3 atom stereocenters.